The fraction of sp³-hybridized carbons (Fsp3) is 0.393. The van der Waals surface area contributed by atoms with Gasteiger partial charge in [-0.1, -0.05) is 6.07 Å². The second-order valence-corrected chi connectivity index (χ2v) is 9.38. The Morgan fingerprint density at radius 3 is 2.38 bits per heavy atom. The molecule has 11 heteroatoms. The van der Waals surface area contributed by atoms with E-state index in [1.165, 1.54) is 26.2 Å². The van der Waals surface area contributed by atoms with Crippen molar-refractivity contribution >= 4 is 23.1 Å². The average Bonchev–Trinajstić information content (AvgIpc) is 3.43. The molecule has 1 aromatic carbocycles. The molecule has 0 spiro atoms. The minimum absolute atomic E-state index is 0.0231. The summed E-state index contributed by atoms with van der Waals surface area (Å²) in [5.41, 5.74) is 2.02. The fourth-order valence-electron chi connectivity index (χ4n) is 5.32. The smallest absolute Gasteiger partial charge is 0.295 e. The fourth-order valence-corrected chi connectivity index (χ4v) is 5.32. The van der Waals surface area contributed by atoms with Gasteiger partial charge in [-0.05, 0) is 36.8 Å². The van der Waals surface area contributed by atoms with Crippen LogP contribution >= 0.6 is 0 Å². The highest BCUT2D eigenvalue weighted by Gasteiger charge is 2.47. The molecule has 2 aliphatic rings. The van der Waals surface area contributed by atoms with E-state index in [1.807, 2.05) is 12.1 Å². The van der Waals surface area contributed by atoms with Gasteiger partial charge in [-0.25, -0.2) is 4.98 Å². The number of hydrogen-bond donors (Lipinski definition) is 1. The molecule has 5 rings (SSSR count). The van der Waals surface area contributed by atoms with Crippen LogP contribution < -0.4 is 14.2 Å². The number of pyridine rings is 1. The van der Waals surface area contributed by atoms with Crippen molar-refractivity contribution in [3.8, 4) is 17.2 Å². The summed E-state index contributed by atoms with van der Waals surface area (Å²) in [4.78, 5) is 35.3. The Morgan fingerprint density at radius 2 is 1.74 bits per heavy atom. The van der Waals surface area contributed by atoms with E-state index in [4.69, 9.17) is 18.9 Å². The zero-order valence-electron chi connectivity index (χ0n) is 22.5. The first kappa shape index (κ1) is 26.5. The molecule has 2 fully saturated rings. The lowest BCUT2D eigenvalue weighted by Gasteiger charge is -2.31. The zero-order valence-corrected chi connectivity index (χ0v) is 22.5. The lowest BCUT2D eigenvalue weighted by Crippen LogP contribution is -2.42. The van der Waals surface area contributed by atoms with Gasteiger partial charge in [0.25, 0.3) is 11.7 Å². The summed E-state index contributed by atoms with van der Waals surface area (Å²) in [6.45, 7) is 5.27. The van der Waals surface area contributed by atoms with E-state index >= 15 is 0 Å². The van der Waals surface area contributed by atoms with Gasteiger partial charge in [0.05, 0.1) is 51.9 Å². The molecular formula is C28H32N4O7. The molecule has 1 N–H and O–H groups in total. The van der Waals surface area contributed by atoms with Gasteiger partial charge >= 0.3 is 0 Å². The van der Waals surface area contributed by atoms with E-state index < -0.39 is 17.7 Å². The highest BCUT2D eigenvalue weighted by Crippen LogP contribution is 2.45. The van der Waals surface area contributed by atoms with Gasteiger partial charge in [-0.2, -0.15) is 0 Å². The first-order valence-electron chi connectivity index (χ1n) is 12.7. The number of benzene rings is 1. The molecule has 39 heavy (non-hydrogen) atoms. The number of methoxy groups -OCH3 is 3. The number of amides is 1. The van der Waals surface area contributed by atoms with Crippen molar-refractivity contribution < 1.29 is 33.6 Å². The average molecular weight is 537 g/mol. The molecular weight excluding hydrogens is 504 g/mol. The standard InChI is InChI=1S/C28H32N4O7/c1-17-23(31-8-6-5-7-21(31)29-17)25(33)22-24(18-15-19(36-2)27(38-4)20(16-18)37-3)32(28(35)26(22)34)10-9-30-11-13-39-14-12-30/h5-8,15-16,24,33H,9-14H2,1-4H3/b25-22+/t24-/m0/s1. The third-order valence-electron chi connectivity index (χ3n) is 7.23. The van der Waals surface area contributed by atoms with E-state index in [1.54, 1.807) is 35.7 Å². The van der Waals surface area contributed by atoms with Crippen LogP contribution in [0.3, 0.4) is 0 Å². The quantitative estimate of drug-likeness (QED) is 0.263. The maximum atomic E-state index is 13.6. The summed E-state index contributed by atoms with van der Waals surface area (Å²) < 4.78 is 23.8. The van der Waals surface area contributed by atoms with Crippen molar-refractivity contribution in [2.24, 2.45) is 0 Å². The number of ether oxygens (including phenoxy) is 4. The molecule has 0 aliphatic carbocycles. The lowest BCUT2D eigenvalue weighted by atomic mass is 9.95. The number of imidazole rings is 1. The number of hydrogen-bond acceptors (Lipinski definition) is 9. The lowest BCUT2D eigenvalue weighted by molar-refractivity contribution is -0.140. The molecule has 2 saturated heterocycles. The Labute approximate surface area is 226 Å². The molecule has 2 aliphatic heterocycles. The van der Waals surface area contributed by atoms with Crippen LogP contribution in [0.4, 0.5) is 0 Å². The van der Waals surface area contributed by atoms with Crippen molar-refractivity contribution in [2.45, 2.75) is 13.0 Å². The molecule has 4 heterocycles. The maximum Gasteiger partial charge on any atom is 0.295 e. The molecule has 0 bridgehead atoms. The number of likely N-dealkylation sites (tertiary alicyclic amines) is 1. The molecule has 0 radical (unpaired) electrons. The van der Waals surface area contributed by atoms with Crippen molar-refractivity contribution in [2.75, 3.05) is 60.7 Å². The summed E-state index contributed by atoms with van der Waals surface area (Å²) in [5.74, 6) is -0.620. The number of nitrogens with zero attached hydrogens (tertiary/aromatic N) is 4. The Hall–Kier alpha value is -4.09. The third-order valence-corrected chi connectivity index (χ3v) is 7.23. The molecule has 1 amide bonds. The van der Waals surface area contributed by atoms with Crippen LogP contribution in [0.1, 0.15) is 23.0 Å². The highest BCUT2D eigenvalue weighted by atomic mass is 16.5. The van der Waals surface area contributed by atoms with Crippen LogP contribution in [0.15, 0.2) is 42.1 Å². The second kappa shape index (κ2) is 11.0. The van der Waals surface area contributed by atoms with Gasteiger partial charge in [-0.15, -0.1) is 0 Å². The predicted molar refractivity (Wildman–Crippen MR) is 142 cm³/mol. The van der Waals surface area contributed by atoms with Crippen molar-refractivity contribution in [3.63, 3.8) is 0 Å². The van der Waals surface area contributed by atoms with E-state index in [0.717, 1.165) is 13.1 Å². The van der Waals surface area contributed by atoms with Gasteiger partial charge in [0.1, 0.15) is 11.3 Å². The summed E-state index contributed by atoms with van der Waals surface area (Å²) in [6.07, 6.45) is 1.76. The van der Waals surface area contributed by atoms with Crippen molar-refractivity contribution in [1.82, 2.24) is 19.2 Å². The number of aryl methyl sites for hydroxylation is 1. The van der Waals surface area contributed by atoms with E-state index in [0.29, 0.717) is 59.6 Å². The Balaban J connectivity index is 1.68. The summed E-state index contributed by atoms with van der Waals surface area (Å²) >= 11 is 0. The number of rotatable bonds is 8. The van der Waals surface area contributed by atoms with Gasteiger partial charge in [0.2, 0.25) is 5.75 Å². The van der Waals surface area contributed by atoms with E-state index in [-0.39, 0.29) is 17.9 Å². The highest BCUT2D eigenvalue weighted by molar-refractivity contribution is 6.46. The van der Waals surface area contributed by atoms with Gasteiger partial charge in [-0.3, -0.25) is 18.9 Å². The normalized spacial score (nSPS) is 19.6. The minimum atomic E-state index is -0.895. The molecule has 0 unspecified atom stereocenters. The first-order valence-corrected chi connectivity index (χ1v) is 12.7. The first-order chi connectivity index (χ1) is 18.9. The molecule has 11 nitrogen and oxygen atoms in total. The summed E-state index contributed by atoms with van der Waals surface area (Å²) in [6, 6.07) is 7.96. The van der Waals surface area contributed by atoms with Crippen molar-refractivity contribution in [1.29, 1.82) is 0 Å². The van der Waals surface area contributed by atoms with Crippen LogP contribution in [0.25, 0.3) is 11.4 Å². The second-order valence-electron chi connectivity index (χ2n) is 9.38. The molecule has 206 valence electrons. The molecule has 0 saturated carbocycles. The number of morpholine rings is 1. The van der Waals surface area contributed by atoms with Crippen LogP contribution in [-0.4, -0.2) is 96.7 Å². The Kier molecular flexibility index (Phi) is 7.45. The van der Waals surface area contributed by atoms with Crippen molar-refractivity contribution in [3.05, 3.63) is 59.1 Å². The number of fused-ring (bicyclic) bond motifs is 1. The predicted octanol–water partition coefficient (Wildman–Crippen LogP) is 2.42. The number of aromatic nitrogens is 2. The zero-order chi connectivity index (χ0) is 27.7. The molecule has 1 atom stereocenters. The van der Waals surface area contributed by atoms with Crippen LogP contribution in [-0.2, 0) is 14.3 Å². The number of aliphatic hydroxyl groups is 1. The third kappa shape index (κ3) is 4.68. The monoisotopic (exact) mass is 536 g/mol. The minimum Gasteiger partial charge on any atom is -0.505 e. The Bertz CT molecular complexity index is 1420. The number of carbonyl (C=O) groups is 2. The van der Waals surface area contributed by atoms with Gasteiger partial charge in [0, 0.05) is 32.4 Å². The number of ketones is 1. The molecule has 3 aromatic rings. The largest absolute Gasteiger partial charge is 0.505 e. The van der Waals surface area contributed by atoms with Crippen LogP contribution in [0.5, 0.6) is 17.2 Å². The SMILES string of the molecule is COc1cc([C@H]2/C(=C(\O)c3c(C)nc4ccccn34)C(=O)C(=O)N2CCN2CCOCC2)cc(OC)c1OC. The van der Waals surface area contributed by atoms with Crippen LogP contribution in [0.2, 0.25) is 0 Å². The maximum absolute atomic E-state index is 13.6. The van der Waals surface area contributed by atoms with Gasteiger partial charge in [0.15, 0.2) is 17.3 Å². The summed E-state index contributed by atoms with van der Waals surface area (Å²) in [7, 11) is 4.50. The number of aliphatic hydroxyl groups excluding tert-OH is 1. The topological polar surface area (TPSA) is 115 Å². The number of Topliss-reactive ketones (excluding diaryl/α,β-unsaturated/α-hetero) is 1. The van der Waals surface area contributed by atoms with E-state index in [2.05, 4.69) is 9.88 Å². The molecule has 2 aromatic heterocycles. The van der Waals surface area contributed by atoms with E-state index in [9.17, 15) is 14.7 Å². The Morgan fingerprint density at radius 1 is 1.05 bits per heavy atom. The van der Waals surface area contributed by atoms with Gasteiger partial charge < -0.3 is 29.0 Å². The van der Waals surface area contributed by atoms with Crippen LogP contribution in [0, 0.1) is 6.92 Å². The summed E-state index contributed by atoms with van der Waals surface area (Å²) in [5, 5.41) is 11.7. The number of carbonyl (C=O) groups excluding carboxylic acids is 2.